The molecule has 132 valence electrons. The van der Waals surface area contributed by atoms with Gasteiger partial charge >= 0.3 is 0 Å². The van der Waals surface area contributed by atoms with E-state index in [1.54, 1.807) is 0 Å². The predicted octanol–water partition coefficient (Wildman–Crippen LogP) is -0.841. The monoisotopic (exact) mass is 334 g/mol. The third-order valence-electron chi connectivity index (χ3n) is 4.20. The molecule has 0 aromatic rings. The van der Waals surface area contributed by atoms with Crippen molar-refractivity contribution in [2.75, 3.05) is 59.0 Å². The van der Waals surface area contributed by atoms with Gasteiger partial charge in [0.15, 0.2) is 0 Å². The molecule has 7 nitrogen and oxygen atoms in total. The topological polar surface area (TPSA) is 75.4 Å². The largest absolute Gasteiger partial charge is 0.395 e. The first-order chi connectivity index (χ1) is 11.7. The molecule has 4 rings (SSSR count). The highest BCUT2D eigenvalue weighted by Gasteiger charge is 2.43. The molecule has 0 aromatic heterocycles. The summed E-state index contributed by atoms with van der Waals surface area (Å²) in [6, 6.07) is 0. The number of nitrogens with one attached hydrogen (secondary N) is 1. The van der Waals surface area contributed by atoms with Crippen LogP contribution in [0.2, 0.25) is 0 Å². The molecule has 3 heterocycles. The second-order valence-corrected chi connectivity index (χ2v) is 6.35. The number of nitrogens with zero attached hydrogens (tertiary/aromatic N) is 3. The zero-order valence-electron chi connectivity index (χ0n) is 14.3. The van der Waals surface area contributed by atoms with Gasteiger partial charge in [-0.3, -0.25) is 9.59 Å². The van der Waals surface area contributed by atoms with Crippen LogP contribution in [0.5, 0.6) is 0 Å². The summed E-state index contributed by atoms with van der Waals surface area (Å²) in [6.45, 7) is 9.50. The van der Waals surface area contributed by atoms with Gasteiger partial charge < -0.3 is 25.1 Å². The van der Waals surface area contributed by atoms with Crippen LogP contribution in [0.15, 0.2) is 23.2 Å². The van der Waals surface area contributed by atoms with Gasteiger partial charge in [0.05, 0.1) is 12.3 Å². The van der Waals surface area contributed by atoms with Crippen molar-refractivity contribution in [2.24, 2.45) is 0 Å². The van der Waals surface area contributed by atoms with Gasteiger partial charge in [0, 0.05) is 51.9 Å². The maximum atomic E-state index is 12.4. The molecule has 3 aliphatic heterocycles. The van der Waals surface area contributed by atoms with E-state index in [0.29, 0.717) is 17.1 Å². The van der Waals surface area contributed by atoms with Gasteiger partial charge in [-0.2, -0.15) is 0 Å². The first-order valence-corrected chi connectivity index (χ1v) is 8.78. The molecule has 0 atom stereocenters. The number of carbonyl (C=O) groups excluding carboxylic acids is 2. The van der Waals surface area contributed by atoms with E-state index >= 15 is 0 Å². The van der Waals surface area contributed by atoms with Crippen molar-refractivity contribution in [3.63, 3.8) is 0 Å². The minimum atomic E-state index is 0.00546. The van der Waals surface area contributed by atoms with Gasteiger partial charge in [0.25, 0.3) is 0 Å². The van der Waals surface area contributed by atoms with Gasteiger partial charge in [0.1, 0.15) is 11.4 Å². The van der Waals surface area contributed by atoms with Crippen LogP contribution in [-0.4, -0.2) is 90.3 Å². The fraction of sp³-hybridized carbons (Fsp3) is 0.647. The predicted molar refractivity (Wildman–Crippen MR) is 90.1 cm³/mol. The average molecular weight is 334 g/mol. The summed E-state index contributed by atoms with van der Waals surface area (Å²) < 4.78 is 0. The van der Waals surface area contributed by atoms with Crippen LogP contribution in [0.3, 0.4) is 0 Å². The quantitative estimate of drug-likeness (QED) is 0.357. The van der Waals surface area contributed by atoms with Crippen LogP contribution in [0.1, 0.15) is 13.3 Å². The molecule has 2 N–H and O–H groups in total. The molecule has 7 heteroatoms. The maximum Gasteiger partial charge on any atom is 0.227 e. The van der Waals surface area contributed by atoms with Crippen molar-refractivity contribution in [3.8, 4) is 0 Å². The molecular weight excluding hydrogens is 308 g/mol. The second kappa shape index (κ2) is 7.36. The molecule has 0 saturated carbocycles. The van der Waals surface area contributed by atoms with Crippen LogP contribution in [0, 0.1) is 0 Å². The number of aliphatic hydroxyl groups excluding tert-OH is 1. The highest BCUT2D eigenvalue weighted by molar-refractivity contribution is 6.22. The van der Waals surface area contributed by atoms with Crippen LogP contribution >= 0.6 is 0 Å². The average Bonchev–Trinajstić information content (AvgIpc) is 3.37. The lowest BCUT2D eigenvalue weighted by Crippen LogP contribution is -2.29. The van der Waals surface area contributed by atoms with Gasteiger partial charge in [0.2, 0.25) is 11.6 Å². The van der Waals surface area contributed by atoms with E-state index < -0.39 is 0 Å². The number of hydrogen-bond acceptors (Lipinski definition) is 7. The molecule has 4 aliphatic rings. The van der Waals surface area contributed by atoms with Crippen molar-refractivity contribution in [1.82, 2.24) is 20.0 Å². The van der Waals surface area contributed by atoms with Crippen LogP contribution in [0.4, 0.5) is 0 Å². The molecular formula is C17H26N4O3. The van der Waals surface area contributed by atoms with Gasteiger partial charge in [-0.25, -0.2) is 0 Å². The number of rotatable bonds is 7. The van der Waals surface area contributed by atoms with Crippen LogP contribution < -0.4 is 5.32 Å². The lowest BCUT2D eigenvalue weighted by Gasteiger charge is -2.21. The van der Waals surface area contributed by atoms with Gasteiger partial charge in [-0.05, 0) is 13.0 Å². The normalized spacial score (nSPS) is 21.6. The van der Waals surface area contributed by atoms with E-state index in [4.69, 9.17) is 5.11 Å². The Bertz CT molecular complexity index is 568. The minimum absolute atomic E-state index is 0.00546. The Kier molecular flexibility index (Phi) is 5.20. The van der Waals surface area contributed by atoms with Crippen molar-refractivity contribution in [1.29, 1.82) is 0 Å². The molecule has 0 spiro atoms. The first kappa shape index (κ1) is 17.0. The molecule has 0 radical (unpaired) electrons. The Balaban J connectivity index is 0.000000209. The molecule has 0 amide bonds. The fourth-order valence-electron chi connectivity index (χ4n) is 2.66. The van der Waals surface area contributed by atoms with Gasteiger partial charge in [-0.15, -0.1) is 0 Å². The molecule has 1 aliphatic carbocycles. The van der Waals surface area contributed by atoms with E-state index in [1.807, 2.05) is 14.7 Å². The summed E-state index contributed by atoms with van der Waals surface area (Å²) in [4.78, 5) is 30.5. The molecule has 3 fully saturated rings. The molecule has 0 bridgehead atoms. The van der Waals surface area contributed by atoms with Crippen molar-refractivity contribution >= 4 is 11.6 Å². The zero-order chi connectivity index (χ0) is 17.1. The summed E-state index contributed by atoms with van der Waals surface area (Å²) >= 11 is 0. The SMILES string of the molecule is CCCNCCO.O=C1C=C(N2CC2)C(=O)C(N2CC2)=C1N1CC1. The number of ketones is 2. The van der Waals surface area contributed by atoms with E-state index in [-0.39, 0.29) is 18.2 Å². The van der Waals surface area contributed by atoms with Crippen molar-refractivity contribution in [2.45, 2.75) is 13.3 Å². The smallest absolute Gasteiger partial charge is 0.227 e. The number of aliphatic hydroxyl groups is 1. The molecule has 3 saturated heterocycles. The lowest BCUT2D eigenvalue weighted by atomic mass is 10.0. The third kappa shape index (κ3) is 3.96. The Labute approximate surface area is 142 Å². The highest BCUT2D eigenvalue weighted by atomic mass is 16.3. The number of carbonyl (C=O) groups is 2. The van der Waals surface area contributed by atoms with Crippen molar-refractivity contribution in [3.05, 3.63) is 23.2 Å². The fourth-order valence-corrected chi connectivity index (χ4v) is 2.66. The number of hydrogen-bond donors (Lipinski definition) is 2. The Morgan fingerprint density at radius 3 is 2.04 bits per heavy atom. The molecule has 24 heavy (non-hydrogen) atoms. The molecule has 0 aromatic carbocycles. The number of allylic oxidation sites excluding steroid dienone is 1. The first-order valence-electron chi connectivity index (χ1n) is 8.78. The number of Topliss-reactive ketones (excluding diaryl/α,β-unsaturated/α-hetero) is 1. The minimum Gasteiger partial charge on any atom is -0.395 e. The standard InChI is InChI=1S/C12H13N3O2.C5H13NO/c16-9-7-8(13-1-2-13)12(17)11(15-5-6-15)10(9)14-3-4-14;1-2-3-6-4-5-7/h7H,1-6H2;6-7H,2-5H2,1H3. The van der Waals surface area contributed by atoms with E-state index in [1.165, 1.54) is 6.08 Å². The summed E-state index contributed by atoms with van der Waals surface area (Å²) in [6.07, 6.45) is 2.66. The van der Waals surface area contributed by atoms with Crippen molar-refractivity contribution < 1.29 is 14.7 Å². The lowest BCUT2D eigenvalue weighted by molar-refractivity contribution is -0.117. The molecule has 0 unspecified atom stereocenters. The summed E-state index contributed by atoms with van der Waals surface area (Å²) in [7, 11) is 0. The maximum absolute atomic E-state index is 12.4. The zero-order valence-corrected chi connectivity index (χ0v) is 14.3. The Morgan fingerprint density at radius 1 is 0.958 bits per heavy atom. The summed E-state index contributed by atoms with van der Waals surface area (Å²) in [5.41, 5.74) is 1.89. The summed E-state index contributed by atoms with van der Waals surface area (Å²) in [5, 5.41) is 11.3. The summed E-state index contributed by atoms with van der Waals surface area (Å²) in [5.74, 6) is 0.0485. The Hall–Kier alpha value is -1.86. The highest BCUT2D eigenvalue weighted by Crippen LogP contribution is 2.33. The van der Waals surface area contributed by atoms with Crippen LogP contribution in [0.25, 0.3) is 0 Å². The second-order valence-electron chi connectivity index (χ2n) is 6.35. The van der Waals surface area contributed by atoms with Crippen LogP contribution in [-0.2, 0) is 9.59 Å². The van der Waals surface area contributed by atoms with E-state index in [9.17, 15) is 9.59 Å². The Morgan fingerprint density at radius 2 is 1.54 bits per heavy atom. The van der Waals surface area contributed by atoms with E-state index in [0.717, 1.165) is 58.8 Å². The van der Waals surface area contributed by atoms with Gasteiger partial charge in [-0.1, -0.05) is 6.92 Å². The van der Waals surface area contributed by atoms with E-state index in [2.05, 4.69) is 12.2 Å². The third-order valence-corrected chi connectivity index (χ3v) is 4.20.